The van der Waals surface area contributed by atoms with Gasteiger partial charge in [0.05, 0.1) is 12.7 Å². The largest absolute Gasteiger partial charge is 0.481 e. The molecule has 3 rings (SSSR count). The minimum atomic E-state index is -3.47. The van der Waals surface area contributed by atoms with Gasteiger partial charge in [-0.3, -0.25) is 14.0 Å². The fraction of sp³-hybridized carbons (Fsp3) is 0.200. The quantitative estimate of drug-likeness (QED) is 0.372. The second-order valence-corrected chi connectivity index (χ2v) is 10.1. The molecular formula is C25H25ClN2O6S. The van der Waals surface area contributed by atoms with E-state index >= 15 is 0 Å². The van der Waals surface area contributed by atoms with Crippen molar-refractivity contribution >= 4 is 33.7 Å². The average molecular weight is 517 g/mol. The van der Waals surface area contributed by atoms with Gasteiger partial charge < -0.3 is 9.84 Å². The molecule has 0 saturated carbocycles. The van der Waals surface area contributed by atoms with Gasteiger partial charge in [0.15, 0.2) is 0 Å². The number of rotatable bonds is 11. The smallest absolute Gasteiger partial charge is 0.307 e. The SMILES string of the molecule is CS(=O)(=O)NCc1cc(CC(=O)O)ccc1Oc1ccc(C(=O)N(Cl)CCc2ccccc2)cc1. The van der Waals surface area contributed by atoms with Crippen molar-refractivity contribution < 1.29 is 27.9 Å². The van der Waals surface area contributed by atoms with E-state index in [1.54, 1.807) is 42.5 Å². The molecule has 0 fully saturated rings. The summed E-state index contributed by atoms with van der Waals surface area (Å²) in [6.07, 6.45) is 1.45. The zero-order valence-corrected chi connectivity index (χ0v) is 20.6. The maximum atomic E-state index is 12.6. The molecule has 1 amide bonds. The third-order valence-electron chi connectivity index (χ3n) is 4.99. The fourth-order valence-corrected chi connectivity index (χ4v) is 3.87. The fourth-order valence-electron chi connectivity index (χ4n) is 3.27. The van der Waals surface area contributed by atoms with Crippen LogP contribution in [0, 0.1) is 0 Å². The van der Waals surface area contributed by atoms with Crippen molar-refractivity contribution in [2.24, 2.45) is 0 Å². The highest BCUT2D eigenvalue weighted by Crippen LogP contribution is 2.27. The van der Waals surface area contributed by atoms with Crippen LogP contribution in [-0.2, 0) is 34.2 Å². The normalized spacial score (nSPS) is 11.1. The van der Waals surface area contributed by atoms with Gasteiger partial charge in [-0.15, -0.1) is 0 Å². The van der Waals surface area contributed by atoms with Crippen LogP contribution in [0.3, 0.4) is 0 Å². The molecule has 0 aromatic heterocycles. The van der Waals surface area contributed by atoms with E-state index in [0.717, 1.165) is 16.2 Å². The van der Waals surface area contributed by atoms with Crippen molar-refractivity contribution in [2.75, 3.05) is 12.8 Å². The van der Waals surface area contributed by atoms with Gasteiger partial charge in [-0.2, -0.15) is 0 Å². The van der Waals surface area contributed by atoms with Crippen molar-refractivity contribution in [3.63, 3.8) is 0 Å². The molecular weight excluding hydrogens is 492 g/mol. The van der Waals surface area contributed by atoms with Crippen molar-refractivity contribution in [1.82, 2.24) is 9.14 Å². The molecule has 0 heterocycles. The second-order valence-electron chi connectivity index (χ2n) is 7.86. The third-order valence-corrected chi connectivity index (χ3v) is 5.99. The average Bonchev–Trinajstić information content (AvgIpc) is 2.82. The summed E-state index contributed by atoms with van der Waals surface area (Å²) in [6.45, 7) is 0.281. The van der Waals surface area contributed by atoms with Gasteiger partial charge in [0.1, 0.15) is 11.5 Å². The Morgan fingerprint density at radius 2 is 1.69 bits per heavy atom. The number of nitrogens with one attached hydrogen (secondary N) is 1. The topological polar surface area (TPSA) is 113 Å². The first-order chi connectivity index (χ1) is 16.6. The number of ether oxygens (including phenoxy) is 1. The molecule has 0 radical (unpaired) electrons. The Labute approximate surface area is 209 Å². The van der Waals surface area contributed by atoms with Gasteiger partial charge >= 0.3 is 5.97 Å². The molecule has 8 nitrogen and oxygen atoms in total. The van der Waals surface area contributed by atoms with Crippen LogP contribution >= 0.6 is 11.8 Å². The number of carboxylic acid groups (broad SMARTS) is 1. The molecule has 3 aromatic carbocycles. The Bertz CT molecular complexity index is 1280. The number of hydrogen-bond acceptors (Lipinski definition) is 5. The van der Waals surface area contributed by atoms with Crippen LogP contribution < -0.4 is 9.46 Å². The van der Waals surface area contributed by atoms with Crippen molar-refractivity contribution in [3.8, 4) is 11.5 Å². The molecule has 0 unspecified atom stereocenters. The summed E-state index contributed by atoms with van der Waals surface area (Å²) in [4.78, 5) is 23.7. The van der Waals surface area contributed by atoms with Crippen LogP contribution in [0.1, 0.15) is 27.0 Å². The van der Waals surface area contributed by atoms with E-state index in [4.69, 9.17) is 21.6 Å². The van der Waals surface area contributed by atoms with E-state index in [2.05, 4.69) is 4.72 Å². The lowest BCUT2D eigenvalue weighted by molar-refractivity contribution is -0.136. The summed E-state index contributed by atoms with van der Waals surface area (Å²) >= 11 is 6.18. The highest BCUT2D eigenvalue weighted by atomic mass is 35.5. The first kappa shape index (κ1) is 26.2. The van der Waals surface area contributed by atoms with Gasteiger partial charge in [-0.25, -0.2) is 13.1 Å². The molecule has 2 N–H and O–H groups in total. The van der Waals surface area contributed by atoms with E-state index in [9.17, 15) is 18.0 Å². The van der Waals surface area contributed by atoms with E-state index < -0.39 is 16.0 Å². The standard InChI is InChI=1S/C25H25ClN2O6S/c1-35(32,33)27-17-21-15-19(16-24(29)30)7-12-23(21)34-22-10-8-20(9-11-22)25(31)28(26)14-13-18-5-3-2-4-6-18/h2-12,15,27H,13-14,16-17H2,1H3,(H,29,30). The number of sulfonamides is 1. The predicted octanol–water partition coefficient (Wildman–Crippen LogP) is 3.99. The van der Waals surface area contributed by atoms with Gasteiger partial charge in [0, 0.05) is 36.0 Å². The second kappa shape index (κ2) is 11.8. The summed E-state index contributed by atoms with van der Waals surface area (Å²) in [5.74, 6) is -0.571. The molecule has 0 aliphatic carbocycles. The number of nitrogens with zero attached hydrogens (tertiary/aromatic N) is 1. The van der Waals surface area contributed by atoms with Crippen molar-refractivity contribution in [1.29, 1.82) is 0 Å². The molecule has 184 valence electrons. The minimum absolute atomic E-state index is 0.0686. The number of carbonyl (C=O) groups excluding carboxylic acids is 1. The van der Waals surface area contributed by atoms with Crippen molar-refractivity contribution in [3.05, 3.63) is 95.1 Å². The van der Waals surface area contributed by atoms with Gasteiger partial charge in [0.25, 0.3) is 5.91 Å². The van der Waals surface area contributed by atoms with E-state index in [1.165, 1.54) is 0 Å². The first-order valence-corrected chi connectivity index (χ1v) is 12.9. The number of carboxylic acids is 1. The van der Waals surface area contributed by atoms with E-state index in [1.807, 2.05) is 30.3 Å². The highest BCUT2D eigenvalue weighted by molar-refractivity contribution is 7.88. The lowest BCUT2D eigenvalue weighted by atomic mass is 10.1. The molecule has 0 spiro atoms. The van der Waals surface area contributed by atoms with Crippen LogP contribution in [0.25, 0.3) is 0 Å². The Morgan fingerprint density at radius 1 is 1.00 bits per heavy atom. The number of aliphatic carboxylic acids is 1. The molecule has 3 aromatic rings. The Hall–Kier alpha value is -3.40. The molecule has 35 heavy (non-hydrogen) atoms. The van der Waals surface area contributed by atoms with Crippen LogP contribution in [0.2, 0.25) is 0 Å². The Kier molecular flexibility index (Phi) is 8.86. The number of halogens is 1. The molecule has 0 bridgehead atoms. The summed E-state index contributed by atoms with van der Waals surface area (Å²) in [6, 6.07) is 20.9. The number of benzene rings is 3. The first-order valence-electron chi connectivity index (χ1n) is 10.7. The summed E-state index contributed by atoms with van der Waals surface area (Å²) < 4.78 is 32.5. The lowest BCUT2D eigenvalue weighted by Gasteiger charge is -2.15. The minimum Gasteiger partial charge on any atom is -0.481 e. The van der Waals surface area contributed by atoms with Crippen LogP contribution in [0.5, 0.6) is 11.5 Å². The maximum Gasteiger partial charge on any atom is 0.307 e. The molecule has 10 heteroatoms. The van der Waals surface area contributed by atoms with Gasteiger partial charge in [0.2, 0.25) is 10.0 Å². The van der Waals surface area contributed by atoms with Crippen LogP contribution in [0.4, 0.5) is 0 Å². The number of amides is 1. The lowest BCUT2D eigenvalue weighted by Crippen LogP contribution is -2.23. The maximum absolute atomic E-state index is 12.6. The third kappa shape index (κ3) is 8.40. The molecule has 0 aliphatic rings. The van der Waals surface area contributed by atoms with E-state index in [0.29, 0.717) is 41.2 Å². The monoisotopic (exact) mass is 516 g/mol. The van der Waals surface area contributed by atoms with Gasteiger partial charge in [-0.05, 0) is 47.9 Å². The Balaban J connectivity index is 1.69. The predicted molar refractivity (Wildman–Crippen MR) is 133 cm³/mol. The molecule has 0 aliphatic heterocycles. The zero-order valence-electron chi connectivity index (χ0n) is 19.0. The summed E-state index contributed by atoms with van der Waals surface area (Å²) in [5, 5.41) is 9.04. The van der Waals surface area contributed by atoms with Gasteiger partial charge in [-0.1, -0.05) is 42.5 Å². The zero-order chi connectivity index (χ0) is 25.4. The Morgan fingerprint density at radius 3 is 2.31 bits per heavy atom. The van der Waals surface area contributed by atoms with Crippen molar-refractivity contribution in [2.45, 2.75) is 19.4 Å². The summed E-state index contributed by atoms with van der Waals surface area (Å²) in [7, 11) is -3.47. The van der Waals surface area contributed by atoms with Crippen LogP contribution in [0.15, 0.2) is 72.8 Å². The number of hydrogen-bond donors (Lipinski definition) is 2. The summed E-state index contributed by atoms with van der Waals surface area (Å²) in [5.41, 5.74) is 2.44. The van der Waals surface area contributed by atoms with E-state index in [-0.39, 0.29) is 18.9 Å². The molecule has 0 atom stereocenters. The number of carbonyl (C=O) groups is 2. The highest BCUT2D eigenvalue weighted by Gasteiger charge is 2.15. The molecule has 0 saturated heterocycles. The van der Waals surface area contributed by atoms with Crippen LogP contribution in [-0.4, -0.2) is 42.6 Å².